The van der Waals surface area contributed by atoms with Gasteiger partial charge >= 0.3 is 0 Å². The minimum absolute atomic E-state index is 0.657. The molecule has 0 heterocycles. The van der Waals surface area contributed by atoms with Crippen molar-refractivity contribution < 1.29 is 0 Å². The first-order valence-corrected chi connectivity index (χ1v) is 14.4. The van der Waals surface area contributed by atoms with Crippen LogP contribution in [-0.2, 0) is 0 Å². The second-order valence-electron chi connectivity index (χ2n) is 8.28. The van der Waals surface area contributed by atoms with Crippen molar-refractivity contribution in [3.8, 4) is 0 Å². The van der Waals surface area contributed by atoms with Gasteiger partial charge in [0.2, 0.25) is 0 Å². The van der Waals surface area contributed by atoms with Crippen molar-refractivity contribution in [2.45, 2.75) is 75.5 Å². The topological polar surface area (TPSA) is 0 Å². The monoisotopic (exact) mass is 302 g/mol. The van der Waals surface area contributed by atoms with Crippen LogP contribution in [0.2, 0.25) is 0 Å². The molecule has 0 aromatic carbocycles. The lowest BCUT2D eigenvalue weighted by Crippen LogP contribution is -2.24. The second-order valence-corrected chi connectivity index (χ2v) is 18.0. The van der Waals surface area contributed by atoms with E-state index in [1.807, 2.05) is 0 Å². The second kappa shape index (κ2) is 6.75. The molecule has 112 valence electrons. The average molecular weight is 302 g/mol. The van der Waals surface area contributed by atoms with Gasteiger partial charge in [-0.1, -0.05) is 12.8 Å². The molecular weight excluding hydrogens is 266 g/mol. The molecule has 2 heteroatoms. The Labute approximate surface area is 123 Å². The highest BCUT2D eigenvalue weighted by molar-refractivity contribution is 7.91. The van der Waals surface area contributed by atoms with Crippen molar-refractivity contribution in [1.82, 2.24) is 0 Å². The molecule has 2 fully saturated rings. The molecule has 0 spiro atoms. The maximum absolute atomic E-state index is 2.70. The average Bonchev–Trinajstić information content (AvgIpc) is 2.40. The van der Waals surface area contributed by atoms with Gasteiger partial charge in [0.1, 0.15) is 0 Å². The lowest BCUT2D eigenvalue weighted by Gasteiger charge is -2.37. The van der Waals surface area contributed by atoms with Crippen molar-refractivity contribution in [1.29, 1.82) is 0 Å². The van der Waals surface area contributed by atoms with Gasteiger partial charge in [0.15, 0.2) is 5.90 Å². The third-order valence-corrected chi connectivity index (χ3v) is 16.7. The van der Waals surface area contributed by atoms with Crippen molar-refractivity contribution >= 4 is 14.5 Å². The summed E-state index contributed by atoms with van der Waals surface area (Å²) >= 11 is 0. The summed E-state index contributed by atoms with van der Waals surface area (Å²) in [5.74, 6) is 1.66. The van der Waals surface area contributed by atoms with E-state index in [9.17, 15) is 0 Å². The Bertz CT molecular complexity index is 243. The quantitative estimate of drug-likeness (QED) is 0.545. The zero-order valence-corrected chi connectivity index (χ0v) is 15.6. The number of hydrogen-bond donors (Lipinski definition) is 0. The molecule has 19 heavy (non-hydrogen) atoms. The van der Waals surface area contributed by atoms with E-state index in [1.165, 1.54) is 38.5 Å². The molecule has 0 amide bonds. The Morgan fingerprint density at radius 3 is 1.21 bits per heavy atom. The van der Waals surface area contributed by atoms with Gasteiger partial charge in [-0.2, -0.15) is 0 Å². The van der Waals surface area contributed by atoms with E-state index in [4.69, 9.17) is 0 Å². The fourth-order valence-electron chi connectivity index (χ4n) is 4.73. The van der Waals surface area contributed by atoms with Crippen LogP contribution in [0.25, 0.3) is 0 Å². The molecule has 2 aliphatic rings. The van der Waals surface area contributed by atoms with Crippen LogP contribution in [0.1, 0.15) is 64.2 Å². The Morgan fingerprint density at radius 2 is 0.895 bits per heavy atom. The maximum Gasteiger partial charge on any atom is 0.159 e. The molecule has 2 rings (SSSR count). The van der Waals surface area contributed by atoms with Crippen LogP contribution in [-0.4, -0.2) is 43.9 Å². The Balaban J connectivity index is 1.96. The smallest absolute Gasteiger partial charge is 0.0530 e. The molecule has 0 aliphatic heterocycles. The maximum atomic E-state index is 2.70. The third-order valence-electron chi connectivity index (χ3n) is 5.86. The first-order chi connectivity index (χ1) is 8.92. The predicted octanol–water partition coefficient (Wildman–Crippen LogP) is 6.16. The highest BCUT2D eigenvalue weighted by atomic mass is 31.2. The third kappa shape index (κ3) is 4.41. The van der Waals surface area contributed by atoms with Crippen LogP contribution in [0, 0.1) is 0 Å². The highest BCUT2D eigenvalue weighted by Gasteiger charge is 2.49. The zero-order chi connectivity index (χ0) is 13.9. The Hall–Kier alpha value is 0.860. The molecule has 0 aromatic heterocycles. The molecule has 0 atom stereocenters. The van der Waals surface area contributed by atoms with Gasteiger partial charge in [-0.15, -0.1) is 0 Å². The molecule has 0 nitrogen and oxygen atoms in total. The van der Waals surface area contributed by atoms with E-state index in [0.717, 1.165) is 11.3 Å². The molecule has 2 saturated carbocycles. The summed E-state index contributed by atoms with van der Waals surface area (Å²) in [4.78, 5) is 0. The Kier molecular flexibility index (Phi) is 5.77. The molecule has 0 radical (unpaired) electrons. The van der Waals surface area contributed by atoms with Gasteiger partial charge in [0.25, 0.3) is 0 Å². The first kappa shape index (κ1) is 16.2. The molecule has 2 aliphatic carbocycles. The van der Waals surface area contributed by atoms with E-state index in [0.29, 0.717) is 0 Å². The van der Waals surface area contributed by atoms with Gasteiger partial charge in [-0.3, -0.25) is 0 Å². The van der Waals surface area contributed by atoms with E-state index >= 15 is 0 Å². The molecule has 0 aromatic rings. The lowest BCUT2D eigenvalue weighted by molar-refractivity contribution is 0.506. The summed E-state index contributed by atoms with van der Waals surface area (Å²) in [6.07, 6.45) is 15.4. The van der Waals surface area contributed by atoms with Crippen molar-refractivity contribution in [3.05, 3.63) is 0 Å². The Morgan fingerprint density at radius 1 is 0.579 bits per heavy atom. The fraction of sp³-hybridized carbons (Fsp3) is 1.00. The summed E-state index contributed by atoms with van der Waals surface area (Å²) in [5, 5.41) is 0. The van der Waals surface area contributed by atoms with Gasteiger partial charge in [0.05, 0.1) is 38.0 Å². The molecule has 0 bridgehead atoms. The van der Waals surface area contributed by atoms with Crippen molar-refractivity contribution in [2.24, 2.45) is 0 Å². The van der Waals surface area contributed by atoms with Crippen LogP contribution in [0.15, 0.2) is 0 Å². The van der Waals surface area contributed by atoms with E-state index < -0.39 is 14.5 Å². The van der Waals surface area contributed by atoms with Gasteiger partial charge in [-0.05, 0) is 51.4 Å². The standard InChI is InChI=1S/C17H36P2/c1-18(2,16-11-7-5-8-12-16)15-19(3,4)17-13-9-6-10-14-17/h16-17H,5-15H2,1-4H3/q+2. The summed E-state index contributed by atoms with van der Waals surface area (Å²) in [6, 6.07) is 0. The first-order valence-electron chi connectivity index (χ1n) is 8.57. The normalized spacial score (nSPS) is 24.6. The van der Waals surface area contributed by atoms with Crippen LogP contribution in [0.5, 0.6) is 0 Å². The van der Waals surface area contributed by atoms with Crippen LogP contribution in [0.4, 0.5) is 0 Å². The molecule has 0 saturated heterocycles. The lowest BCUT2D eigenvalue weighted by atomic mass is 10.0. The van der Waals surface area contributed by atoms with Gasteiger partial charge in [-0.25, -0.2) is 0 Å². The summed E-state index contributed by atoms with van der Waals surface area (Å²) in [7, 11) is -1.31. The fourth-order valence-corrected chi connectivity index (χ4v) is 17.6. The van der Waals surface area contributed by atoms with E-state index in [-0.39, 0.29) is 0 Å². The largest absolute Gasteiger partial charge is 0.159 e. The minimum atomic E-state index is -0.657. The molecule has 0 N–H and O–H groups in total. The van der Waals surface area contributed by atoms with Gasteiger partial charge in [0, 0.05) is 14.5 Å². The predicted molar refractivity (Wildman–Crippen MR) is 96.1 cm³/mol. The highest BCUT2D eigenvalue weighted by Crippen LogP contribution is 2.74. The number of hydrogen-bond acceptors (Lipinski definition) is 0. The van der Waals surface area contributed by atoms with E-state index in [2.05, 4.69) is 26.7 Å². The van der Waals surface area contributed by atoms with Gasteiger partial charge < -0.3 is 0 Å². The summed E-state index contributed by atoms with van der Waals surface area (Å²) in [5.41, 5.74) is 2.26. The molecule has 0 unspecified atom stereocenters. The summed E-state index contributed by atoms with van der Waals surface area (Å²) < 4.78 is 0. The van der Waals surface area contributed by atoms with E-state index in [1.54, 1.807) is 31.6 Å². The minimum Gasteiger partial charge on any atom is -0.0530 e. The number of rotatable bonds is 4. The van der Waals surface area contributed by atoms with Crippen LogP contribution in [0.3, 0.4) is 0 Å². The van der Waals surface area contributed by atoms with Crippen LogP contribution < -0.4 is 0 Å². The molecular formula is C17H36P2+2. The van der Waals surface area contributed by atoms with Crippen LogP contribution >= 0.6 is 14.5 Å². The zero-order valence-electron chi connectivity index (χ0n) is 13.8. The van der Waals surface area contributed by atoms with Crippen molar-refractivity contribution in [3.63, 3.8) is 0 Å². The van der Waals surface area contributed by atoms with Crippen molar-refractivity contribution in [2.75, 3.05) is 32.6 Å². The SMILES string of the molecule is C[P+](C)(C[P+](C)(C)C1CCCCC1)C1CCCCC1. The summed E-state index contributed by atoms with van der Waals surface area (Å²) in [6.45, 7) is 10.8.